The van der Waals surface area contributed by atoms with Crippen LogP contribution < -0.4 is 10.6 Å². The summed E-state index contributed by atoms with van der Waals surface area (Å²) in [5.74, 6) is 0.00522. The van der Waals surface area contributed by atoms with E-state index in [1.807, 2.05) is 4.90 Å². The average molecular weight is 255 g/mol. The lowest BCUT2D eigenvalue weighted by Gasteiger charge is -2.33. The van der Waals surface area contributed by atoms with Crippen molar-refractivity contribution in [2.75, 3.05) is 19.6 Å². The van der Waals surface area contributed by atoms with E-state index in [0.717, 1.165) is 12.8 Å². The van der Waals surface area contributed by atoms with Crippen LogP contribution >= 0.6 is 0 Å². The number of rotatable bonds is 2. The van der Waals surface area contributed by atoms with Crippen molar-refractivity contribution < 1.29 is 9.59 Å². The smallest absolute Gasteiger partial charge is 0.317 e. The Morgan fingerprint density at radius 2 is 1.78 bits per heavy atom. The molecule has 0 radical (unpaired) electrons. The van der Waals surface area contributed by atoms with Gasteiger partial charge in [-0.1, -0.05) is 20.8 Å². The molecule has 5 nitrogen and oxygen atoms in total. The van der Waals surface area contributed by atoms with Crippen LogP contribution in [0.1, 0.15) is 40.5 Å². The molecule has 104 valence electrons. The van der Waals surface area contributed by atoms with Crippen LogP contribution in [-0.4, -0.2) is 42.5 Å². The first-order chi connectivity index (χ1) is 8.28. The molecule has 1 heterocycles. The van der Waals surface area contributed by atoms with Crippen LogP contribution in [0.2, 0.25) is 0 Å². The average Bonchev–Trinajstić information content (AvgIpc) is 2.25. The summed E-state index contributed by atoms with van der Waals surface area (Å²) in [5.41, 5.74) is 0.101. The zero-order chi connectivity index (χ0) is 13.8. The molecule has 1 rings (SSSR count). The van der Waals surface area contributed by atoms with E-state index in [1.165, 1.54) is 6.92 Å². The summed E-state index contributed by atoms with van der Waals surface area (Å²) in [4.78, 5) is 24.7. The maximum Gasteiger partial charge on any atom is 0.317 e. The Bertz CT molecular complexity index is 302. The van der Waals surface area contributed by atoms with E-state index in [9.17, 15) is 9.59 Å². The number of hydrogen-bond donors (Lipinski definition) is 2. The highest BCUT2D eigenvalue weighted by Crippen LogP contribution is 2.13. The van der Waals surface area contributed by atoms with Gasteiger partial charge in [-0.05, 0) is 18.3 Å². The fraction of sp³-hybridized carbons (Fsp3) is 0.846. The molecule has 5 heteroatoms. The quantitative estimate of drug-likeness (QED) is 0.782. The summed E-state index contributed by atoms with van der Waals surface area (Å²) >= 11 is 0. The monoisotopic (exact) mass is 255 g/mol. The number of carbonyl (C=O) groups is 2. The van der Waals surface area contributed by atoms with Gasteiger partial charge in [-0.25, -0.2) is 4.79 Å². The second-order valence-corrected chi connectivity index (χ2v) is 6.18. The largest absolute Gasteiger partial charge is 0.353 e. The van der Waals surface area contributed by atoms with Crippen molar-refractivity contribution in [3.8, 4) is 0 Å². The van der Waals surface area contributed by atoms with Gasteiger partial charge in [0.1, 0.15) is 0 Å². The number of nitrogens with zero attached hydrogens (tertiary/aromatic N) is 1. The summed E-state index contributed by atoms with van der Waals surface area (Å²) in [5, 5.41) is 5.85. The Morgan fingerprint density at radius 3 is 2.22 bits per heavy atom. The zero-order valence-electron chi connectivity index (χ0n) is 11.9. The van der Waals surface area contributed by atoms with E-state index in [4.69, 9.17) is 0 Å². The predicted octanol–water partition coefficient (Wildman–Crippen LogP) is 1.34. The molecular weight excluding hydrogens is 230 g/mol. The molecule has 0 aromatic rings. The van der Waals surface area contributed by atoms with Crippen molar-refractivity contribution >= 4 is 11.9 Å². The van der Waals surface area contributed by atoms with Gasteiger partial charge < -0.3 is 15.5 Å². The van der Waals surface area contributed by atoms with Crippen LogP contribution in [0.25, 0.3) is 0 Å². The number of piperidine rings is 1. The Labute approximate surface area is 109 Å². The van der Waals surface area contributed by atoms with Gasteiger partial charge in [0, 0.05) is 32.6 Å². The summed E-state index contributed by atoms with van der Waals surface area (Å²) < 4.78 is 0. The summed E-state index contributed by atoms with van der Waals surface area (Å²) in [6.07, 6.45) is 1.67. The van der Waals surface area contributed by atoms with Crippen molar-refractivity contribution in [3.05, 3.63) is 0 Å². The van der Waals surface area contributed by atoms with Crippen molar-refractivity contribution in [1.82, 2.24) is 15.5 Å². The Hall–Kier alpha value is -1.26. The SMILES string of the molecule is CC(=O)NC1CCN(C(=O)NCC(C)(C)C)CC1. The van der Waals surface area contributed by atoms with Crippen LogP contribution in [0.5, 0.6) is 0 Å². The normalized spacial score (nSPS) is 17.4. The third-order valence-electron chi connectivity index (χ3n) is 2.96. The highest BCUT2D eigenvalue weighted by atomic mass is 16.2. The topological polar surface area (TPSA) is 61.4 Å². The van der Waals surface area contributed by atoms with Crippen LogP contribution in [0.3, 0.4) is 0 Å². The van der Waals surface area contributed by atoms with Crippen molar-refractivity contribution in [2.45, 2.75) is 46.6 Å². The lowest BCUT2D eigenvalue weighted by molar-refractivity contribution is -0.119. The van der Waals surface area contributed by atoms with Gasteiger partial charge in [0.15, 0.2) is 0 Å². The Balaban J connectivity index is 2.29. The molecule has 0 unspecified atom stereocenters. The third-order valence-corrected chi connectivity index (χ3v) is 2.96. The Kier molecular flexibility index (Phi) is 4.99. The number of nitrogens with one attached hydrogen (secondary N) is 2. The Morgan fingerprint density at radius 1 is 1.22 bits per heavy atom. The zero-order valence-corrected chi connectivity index (χ0v) is 11.9. The molecule has 0 atom stereocenters. The molecule has 3 amide bonds. The molecule has 1 aliphatic heterocycles. The first kappa shape index (κ1) is 14.8. The van der Waals surface area contributed by atoms with Crippen molar-refractivity contribution in [3.63, 3.8) is 0 Å². The molecule has 0 spiro atoms. The lowest BCUT2D eigenvalue weighted by Crippen LogP contribution is -2.50. The van der Waals surface area contributed by atoms with Crippen LogP contribution in [0.15, 0.2) is 0 Å². The minimum Gasteiger partial charge on any atom is -0.353 e. The van der Waals surface area contributed by atoms with E-state index >= 15 is 0 Å². The minimum absolute atomic E-state index is 0.00522. The molecule has 0 aromatic carbocycles. The second-order valence-electron chi connectivity index (χ2n) is 6.18. The molecule has 1 saturated heterocycles. The fourth-order valence-electron chi connectivity index (χ4n) is 1.97. The van der Waals surface area contributed by atoms with Gasteiger partial charge in [0.25, 0.3) is 0 Å². The number of likely N-dealkylation sites (tertiary alicyclic amines) is 1. The lowest BCUT2D eigenvalue weighted by atomic mass is 9.97. The van der Waals surface area contributed by atoms with E-state index in [-0.39, 0.29) is 23.4 Å². The second kappa shape index (κ2) is 6.07. The van der Waals surface area contributed by atoms with E-state index < -0.39 is 0 Å². The summed E-state index contributed by atoms with van der Waals surface area (Å²) in [6.45, 7) is 9.91. The maximum absolute atomic E-state index is 11.9. The third kappa shape index (κ3) is 5.38. The highest BCUT2D eigenvalue weighted by molar-refractivity contribution is 5.75. The van der Waals surface area contributed by atoms with Gasteiger partial charge in [0.2, 0.25) is 5.91 Å². The van der Waals surface area contributed by atoms with Crippen LogP contribution in [-0.2, 0) is 4.79 Å². The number of amides is 3. The predicted molar refractivity (Wildman–Crippen MR) is 71.3 cm³/mol. The molecular formula is C13H25N3O2. The molecule has 0 bridgehead atoms. The van der Waals surface area contributed by atoms with Gasteiger partial charge in [-0.2, -0.15) is 0 Å². The van der Waals surface area contributed by atoms with Crippen molar-refractivity contribution in [2.24, 2.45) is 5.41 Å². The molecule has 2 N–H and O–H groups in total. The van der Waals surface area contributed by atoms with Gasteiger partial charge in [-0.3, -0.25) is 4.79 Å². The van der Waals surface area contributed by atoms with E-state index in [2.05, 4.69) is 31.4 Å². The number of carbonyl (C=O) groups excluding carboxylic acids is 2. The minimum atomic E-state index is 0.00522. The maximum atomic E-state index is 11.9. The molecule has 0 aliphatic carbocycles. The van der Waals surface area contributed by atoms with Crippen molar-refractivity contribution in [1.29, 1.82) is 0 Å². The molecule has 1 aliphatic rings. The first-order valence-corrected chi connectivity index (χ1v) is 6.58. The fourth-order valence-corrected chi connectivity index (χ4v) is 1.97. The molecule has 0 saturated carbocycles. The van der Waals surface area contributed by atoms with Crippen LogP contribution in [0, 0.1) is 5.41 Å². The number of urea groups is 1. The van der Waals surface area contributed by atoms with E-state index in [1.54, 1.807) is 0 Å². The summed E-state index contributed by atoms with van der Waals surface area (Å²) in [6, 6.07) is 0.223. The standard InChI is InChI=1S/C13H25N3O2/c1-10(17)15-11-5-7-16(8-6-11)12(18)14-9-13(2,3)4/h11H,5-9H2,1-4H3,(H,14,18)(H,15,17). The highest BCUT2D eigenvalue weighted by Gasteiger charge is 2.23. The first-order valence-electron chi connectivity index (χ1n) is 6.58. The van der Waals surface area contributed by atoms with E-state index in [0.29, 0.717) is 19.6 Å². The summed E-state index contributed by atoms with van der Waals surface area (Å²) in [7, 11) is 0. The molecule has 1 fully saturated rings. The van der Waals surface area contributed by atoms with Gasteiger partial charge in [0.05, 0.1) is 0 Å². The molecule has 0 aromatic heterocycles. The van der Waals surface area contributed by atoms with Crippen LogP contribution in [0.4, 0.5) is 4.79 Å². The number of hydrogen-bond acceptors (Lipinski definition) is 2. The van der Waals surface area contributed by atoms with Gasteiger partial charge in [-0.15, -0.1) is 0 Å². The molecule has 18 heavy (non-hydrogen) atoms. The van der Waals surface area contributed by atoms with Gasteiger partial charge >= 0.3 is 6.03 Å².